The Hall–Kier alpha value is -0.960. The lowest BCUT2D eigenvalue weighted by Crippen LogP contribution is -2.52. The fraction of sp³-hybridized carbons (Fsp3) is 0.706. The number of likely N-dealkylation sites (N-methyl/N-ethyl adjacent to an activating group) is 1. The maximum atomic E-state index is 14.1. The highest BCUT2D eigenvalue weighted by Gasteiger charge is 2.39. The van der Waals surface area contributed by atoms with E-state index in [4.69, 9.17) is 0 Å². The summed E-state index contributed by atoms with van der Waals surface area (Å²) in [6.07, 6.45) is 9.44. The molecule has 0 aromatic rings. The molecule has 0 saturated heterocycles. The lowest BCUT2D eigenvalue weighted by Gasteiger charge is -2.36. The number of hydrogen-bond donors (Lipinski definition) is 1. The summed E-state index contributed by atoms with van der Waals surface area (Å²) in [7, 11) is 1.87. The largest absolute Gasteiger partial charge is 0.308 e. The summed E-state index contributed by atoms with van der Waals surface area (Å²) in [6.45, 7) is 3.83. The normalized spacial score (nSPS) is 38.5. The first kappa shape index (κ1) is 15.4. The Morgan fingerprint density at radius 1 is 1.35 bits per heavy atom. The molecule has 0 spiro atoms. The number of nitrogens with one attached hydrogen (secondary N) is 1. The number of allylic oxidation sites excluding steroid dienone is 3. The molecule has 3 unspecified atom stereocenters. The fourth-order valence-corrected chi connectivity index (χ4v) is 3.44. The van der Waals surface area contributed by atoms with Gasteiger partial charge in [-0.2, -0.15) is 0 Å². The van der Waals surface area contributed by atoms with Gasteiger partial charge in [0.25, 0.3) is 0 Å². The average Bonchev–Trinajstić information content (AvgIpc) is 2.56. The highest BCUT2D eigenvalue weighted by molar-refractivity contribution is 5.89. The number of halogens is 1. The first-order valence-electron chi connectivity index (χ1n) is 7.74. The van der Waals surface area contributed by atoms with Crippen molar-refractivity contribution in [3.63, 3.8) is 0 Å². The van der Waals surface area contributed by atoms with Gasteiger partial charge in [0.15, 0.2) is 5.78 Å². The van der Waals surface area contributed by atoms with E-state index >= 15 is 0 Å². The molecule has 1 fully saturated rings. The molecule has 0 radical (unpaired) electrons. The number of carbonyl (C=O) groups excluding carboxylic acids is 1. The minimum atomic E-state index is -0.837. The molecule has 112 valence electrons. The zero-order valence-corrected chi connectivity index (χ0v) is 12.8. The first-order valence-corrected chi connectivity index (χ1v) is 7.74. The zero-order chi connectivity index (χ0) is 14.8. The fourth-order valence-electron chi connectivity index (χ4n) is 3.44. The summed E-state index contributed by atoms with van der Waals surface area (Å²) in [5.41, 5.74) is 0.655. The molecule has 0 heterocycles. The topological polar surface area (TPSA) is 29.1 Å². The monoisotopic (exact) mass is 279 g/mol. The van der Waals surface area contributed by atoms with Crippen LogP contribution in [0.3, 0.4) is 0 Å². The number of carbonyl (C=O) groups is 1. The van der Waals surface area contributed by atoms with Gasteiger partial charge in [0, 0.05) is 18.3 Å². The Balaban J connectivity index is 2.20. The zero-order valence-electron chi connectivity index (χ0n) is 12.8. The van der Waals surface area contributed by atoms with E-state index in [1.165, 1.54) is 0 Å². The molecule has 0 amide bonds. The Kier molecular flexibility index (Phi) is 4.79. The quantitative estimate of drug-likeness (QED) is 0.855. The summed E-state index contributed by atoms with van der Waals surface area (Å²) in [5.74, 6) is 0.149. The lowest BCUT2D eigenvalue weighted by molar-refractivity contribution is -0.127. The summed E-state index contributed by atoms with van der Waals surface area (Å²) in [4.78, 5) is 12.3. The molecule has 3 heteroatoms. The van der Waals surface area contributed by atoms with Crippen LogP contribution in [0.1, 0.15) is 46.0 Å². The molecular formula is C17H26FNO. The minimum Gasteiger partial charge on any atom is -0.308 e. The third-order valence-corrected chi connectivity index (χ3v) is 4.87. The van der Waals surface area contributed by atoms with Crippen LogP contribution in [0.15, 0.2) is 23.8 Å². The van der Waals surface area contributed by atoms with E-state index in [9.17, 15) is 9.18 Å². The Morgan fingerprint density at radius 2 is 2.10 bits per heavy atom. The molecule has 0 aromatic carbocycles. The van der Waals surface area contributed by atoms with Gasteiger partial charge in [0.05, 0.1) is 5.54 Å². The van der Waals surface area contributed by atoms with Gasteiger partial charge in [-0.25, -0.2) is 4.39 Å². The summed E-state index contributed by atoms with van der Waals surface area (Å²) >= 11 is 0. The second-order valence-corrected chi connectivity index (χ2v) is 6.40. The van der Waals surface area contributed by atoms with Crippen molar-refractivity contribution in [2.45, 2.75) is 57.7 Å². The number of rotatable bonds is 3. The van der Waals surface area contributed by atoms with E-state index in [2.05, 4.69) is 5.32 Å². The molecule has 2 aliphatic carbocycles. The molecule has 2 nitrogen and oxygen atoms in total. The lowest BCUT2D eigenvalue weighted by atomic mass is 9.76. The van der Waals surface area contributed by atoms with Crippen molar-refractivity contribution in [2.75, 3.05) is 7.05 Å². The van der Waals surface area contributed by atoms with Crippen LogP contribution in [0.25, 0.3) is 0 Å². The second kappa shape index (κ2) is 6.21. The van der Waals surface area contributed by atoms with Gasteiger partial charge < -0.3 is 5.32 Å². The predicted octanol–water partition coefficient (Wildman–Crippen LogP) is 3.58. The number of Topliss-reactive ketones (excluding diaryl/α,β-unsaturated/α-hetero) is 1. The third kappa shape index (κ3) is 3.03. The Labute approximate surface area is 121 Å². The van der Waals surface area contributed by atoms with E-state index in [1.54, 1.807) is 0 Å². The summed E-state index contributed by atoms with van der Waals surface area (Å²) < 4.78 is 14.1. The van der Waals surface area contributed by atoms with Crippen LogP contribution in [0, 0.1) is 11.8 Å². The van der Waals surface area contributed by atoms with E-state index in [-0.39, 0.29) is 11.8 Å². The first-order chi connectivity index (χ1) is 9.48. The molecule has 4 atom stereocenters. The van der Waals surface area contributed by atoms with Gasteiger partial charge in [0.1, 0.15) is 6.17 Å². The SMILES string of the molecule is CNC1(CC2=CC(C)[C@@H](F)C(C)C=C2)CCCCC1=O. The van der Waals surface area contributed by atoms with Crippen LogP contribution in [0.2, 0.25) is 0 Å². The van der Waals surface area contributed by atoms with E-state index in [0.29, 0.717) is 18.6 Å². The van der Waals surface area contributed by atoms with Crippen molar-refractivity contribution in [1.82, 2.24) is 5.32 Å². The molecule has 0 aliphatic heterocycles. The molecule has 0 aromatic heterocycles. The average molecular weight is 279 g/mol. The van der Waals surface area contributed by atoms with Gasteiger partial charge in [-0.05, 0) is 31.9 Å². The molecular weight excluding hydrogens is 253 g/mol. The highest BCUT2D eigenvalue weighted by Crippen LogP contribution is 2.33. The Bertz CT molecular complexity index is 429. The predicted molar refractivity (Wildman–Crippen MR) is 80.3 cm³/mol. The van der Waals surface area contributed by atoms with E-state index in [1.807, 2.05) is 39.1 Å². The maximum absolute atomic E-state index is 14.1. The van der Waals surface area contributed by atoms with Crippen molar-refractivity contribution >= 4 is 5.78 Å². The van der Waals surface area contributed by atoms with Crippen LogP contribution in [-0.2, 0) is 4.79 Å². The van der Waals surface area contributed by atoms with Gasteiger partial charge in [0.2, 0.25) is 0 Å². The van der Waals surface area contributed by atoms with Gasteiger partial charge in [-0.1, -0.05) is 38.5 Å². The van der Waals surface area contributed by atoms with Gasteiger partial charge >= 0.3 is 0 Å². The number of hydrogen-bond acceptors (Lipinski definition) is 2. The van der Waals surface area contributed by atoms with Crippen molar-refractivity contribution in [3.8, 4) is 0 Å². The number of ketones is 1. The smallest absolute Gasteiger partial charge is 0.153 e. The van der Waals surface area contributed by atoms with Crippen molar-refractivity contribution in [1.29, 1.82) is 0 Å². The van der Waals surface area contributed by atoms with Gasteiger partial charge in [-0.15, -0.1) is 0 Å². The van der Waals surface area contributed by atoms with Crippen LogP contribution in [-0.4, -0.2) is 24.5 Å². The van der Waals surface area contributed by atoms with E-state index < -0.39 is 11.7 Å². The van der Waals surface area contributed by atoms with Gasteiger partial charge in [-0.3, -0.25) is 4.79 Å². The van der Waals surface area contributed by atoms with Crippen LogP contribution < -0.4 is 5.32 Å². The molecule has 2 rings (SSSR count). The van der Waals surface area contributed by atoms with Crippen LogP contribution >= 0.6 is 0 Å². The molecule has 0 bridgehead atoms. The number of alkyl halides is 1. The van der Waals surface area contributed by atoms with E-state index in [0.717, 1.165) is 24.8 Å². The third-order valence-electron chi connectivity index (χ3n) is 4.87. The summed E-state index contributed by atoms with van der Waals surface area (Å²) in [6, 6.07) is 0. The Morgan fingerprint density at radius 3 is 2.75 bits per heavy atom. The minimum absolute atomic E-state index is 0.0636. The van der Waals surface area contributed by atoms with Crippen LogP contribution in [0.5, 0.6) is 0 Å². The standard InChI is InChI=1S/C17H26FNO/c1-12-7-8-14(10-13(2)16(12)18)11-17(19-3)9-5-4-6-15(17)20/h7-8,10,12-13,16,19H,4-6,9,11H2,1-3H3/t12?,13?,16-,17?/m0/s1. The molecule has 2 aliphatic rings. The van der Waals surface area contributed by atoms with Crippen LogP contribution in [0.4, 0.5) is 4.39 Å². The molecule has 20 heavy (non-hydrogen) atoms. The van der Waals surface area contributed by atoms with Crippen molar-refractivity contribution in [3.05, 3.63) is 23.8 Å². The summed E-state index contributed by atoms with van der Waals surface area (Å²) in [5, 5.41) is 3.25. The highest BCUT2D eigenvalue weighted by atomic mass is 19.1. The maximum Gasteiger partial charge on any atom is 0.153 e. The van der Waals surface area contributed by atoms with Crippen molar-refractivity contribution in [2.24, 2.45) is 11.8 Å². The molecule has 1 N–H and O–H groups in total. The van der Waals surface area contributed by atoms with Crippen molar-refractivity contribution < 1.29 is 9.18 Å². The second-order valence-electron chi connectivity index (χ2n) is 6.40. The molecule has 1 saturated carbocycles.